The van der Waals surface area contributed by atoms with Gasteiger partial charge in [-0.3, -0.25) is 4.79 Å². The van der Waals surface area contributed by atoms with E-state index in [9.17, 15) is 9.90 Å². The highest BCUT2D eigenvalue weighted by atomic mass is 35.5. The lowest BCUT2D eigenvalue weighted by Gasteiger charge is -2.31. The predicted molar refractivity (Wildman–Crippen MR) is 94.6 cm³/mol. The van der Waals surface area contributed by atoms with Gasteiger partial charge in [-0.15, -0.1) is 0 Å². The molecule has 0 bridgehead atoms. The monoisotopic (exact) mass is 365 g/mol. The number of halogens is 2. The van der Waals surface area contributed by atoms with Crippen molar-refractivity contribution in [3.8, 4) is 5.75 Å². The molecule has 0 unspecified atom stereocenters. The number of rotatable bonds is 3. The van der Waals surface area contributed by atoms with Crippen molar-refractivity contribution >= 4 is 34.8 Å². The van der Waals surface area contributed by atoms with E-state index < -0.39 is 0 Å². The van der Waals surface area contributed by atoms with Crippen LogP contribution >= 0.6 is 23.2 Å². The van der Waals surface area contributed by atoms with E-state index in [0.717, 1.165) is 18.4 Å². The average Bonchev–Trinajstić information content (AvgIpc) is 2.60. The van der Waals surface area contributed by atoms with Crippen LogP contribution < -0.4 is 5.32 Å². The van der Waals surface area contributed by atoms with E-state index in [1.807, 2.05) is 30.3 Å². The highest BCUT2D eigenvalue weighted by Crippen LogP contribution is 2.37. The smallest absolute Gasteiger partial charge is 0.230 e. The molecule has 2 aromatic rings. The Kier molecular flexibility index (Phi) is 5.29. The summed E-state index contributed by atoms with van der Waals surface area (Å²) in [6.45, 7) is 0.639. The Morgan fingerprint density at radius 3 is 2.50 bits per heavy atom. The first-order valence-electron chi connectivity index (χ1n) is 7.71. The minimum Gasteiger partial charge on any atom is -0.505 e. The molecule has 1 aliphatic heterocycles. The highest BCUT2D eigenvalue weighted by molar-refractivity contribution is 6.37. The first kappa shape index (κ1) is 17.1. The Balaban J connectivity index is 1.80. The normalized spacial score (nSPS) is 20.6. The zero-order valence-electron chi connectivity index (χ0n) is 12.8. The summed E-state index contributed by atoms with van der Waals surface area (Å²) in [5, 5.41) is 12.6. The second-order valence-electron chi connectivity index (χ2n) is 5.73. The lowest BCUT2D eigenvalue weighted by molar-refractivity contribution is -0.129. The molecule has 1 aliphatic rings. The third-order valence-electron chi connectivity index (χ3n) is 4.07. The summed E-state index contributed by atoms with van der Waals surface area (Å²) >= 11 is 11.8. The molecule has 2 atom stereocenters. The van der Waals surface area contributed by atoms with Crippen molar-refractivity contribution < 1.29 is 14.6 Å². The molecule has 6 heteroatoms. The van der Waals surface area contributed by atoms with Crippen LogP contribution in [0, 0.1) is 5.92 Å². The number of amides is 1. The third-order valence-corrected chi connectivity index (χ3v) is 4.65. The number of aromatic hydroxyl groups is 1. The summed E-state index contributed by atoms with van der Waals surface area (Å²) in [4.78, 5) is 12.7. The summed E-state index contributed by atoms with van der Waals surface area (Å²) in [5.74, 6) is -0.645. The molecule has 0 aliphatic carbocycles. The maximum Gasteiger partial charge on any atom is 0.230 e. The Hall–Kier alpha value is -1.75. The Morgan fingerprint density at radius 2 is 1.83 bits per heavy atom. The SMILES string of the molecule is O=C(Nc1cc(Cl)c(O)c(Cl)c1)[C@H]1CCCO[C@@H]1c1ccccc1. The fraction of sp³-hybridized carbons (Fsp3) is 0.278. The van der Waals surface area contributed by atoms with E-state index in [-0.39, 0.29) is 33.7 Å². The number of ether oxygens (including phenoxy) is 1. The van der Waals surface area contributed by atoms with Gasteiger partial charge in [-0.25, -0.2) is 0 Å². The topological polar surface area (TPSA) is 58.6 Å². The van der Waals surface area contributed by atoms with Crippen molar-refractivity contribution in [2.24, 2.45) is 5.92 Å². The van der Waals surface area contributed by atoms with Crippen molar-refractivity contribution in [3.05, 3.63) is 58.1 Å². The summed E-state index contributed by atoms with van der Waals surface area (Å²) in [5.41, 5.74) is 1.43. The molecule has 2 aromatic carbocycles. The largest absolute Gasteiger partial charge is 0.505 e. The molecular weight excluding hydrogens is 349 g/mol. The molecule has 0 saturated carbocycles. The van der Waals surface area contributed by atoms with E-state index in [1.165, 1.54) is 12.1 Å². The first-order valence-corrected chi connectivity index (χ1v) is 8.47. The fourth-order valence-electron chi connectivity index (χ4n) is 2.89. The van der Waals surface area contributed by atoms with Gasteiger partial charge in [0, 0.05) is 12.3 Å². The van der Waals surface area contributed by atoms with Crippen LogP contribution in [0.25, 0.3) is 0 Å². The van der Waals surface area contributed by atoms with E-state index >= 15 is 0 Å². The second kappa shape index (κ2) is 7.43. The van der Waals surface area contributed by atoms with Crippen molar-refractivity contribution in [3.63, 3.8) is 0 Å². The van der Waals surface area contributed by atoms with Crippen LogP contribution in [-0.4, -0.2) is 17.6 Å². The van der Waals surface area contributed by atoms with Crippen molar-refractivity contribution in [1.29, 1.82) is 0 Å². The number of hydrogen-bond donors (Lipinski definition) is 2. The maximum absolute atomic E-state index is 12.7. The van der Waals surface area contributed by atoms with Gasteiger partial charge < -0.3 is 15.2 Å². The first-order chi connectivity index (χ1) is 11.6. The van der Waals surface area contributed by atoms with Crippen LogP contribution in [0.5, 0.6) is 5.75 Å². The molecule has 1 fully saturated rings. The van der Waals surface area contributed by atoms with Crippen LogP contribution in [0.15, 0.2) is 42.5 Å². The van der Waals surface area contributed by atoms with E-state index in [2.05, 4.69) is 5.32 Å². The van der Waals surface area contributed by atoms with Gasteiger partial charge in [-0.1, -0.05) is 53.5 Å². The quantitative estimate of drug-likeness (QED) is 0.767. The number of phenolic OH excluding ortho intramolecular Hbond substituents is 1. The van der Waals surface area contributed by atoms with Gasteiger partial charge in [0.25, 0.3) is 0 Å². The molecule has 126 valence electrons. The van der Waals surface area contributed by atoms with Crippen LogP contribution in [-0.2, 0) is 9.53 Å². The van der Waals surface area contributed by atoms with Gasteiger partial charge in [-0.05, 0) is 30.5 Å². The molecule has 2 N–H and O–H groups in total. The van der Waals surface area contributed by atoms with Gasteiger partial charge in [0.15, 0.2) is 5.75 Å². The van der Waals surface area contributed by atoms with Crippen molar-refractivity contribution in [2.75, 3.05) is 11.9 Å². The molecule has 0 spiro atoms. The Morgan fingerprint density at radius 1 is 1.17 bits per heavy atom. The second-order valence-corrected chi connectivity index (χ2v) is 6.54. The highest BCUT2D eigenvalue weighted by Gasteiger charge is 2.33. The van der Waals surface area contributed by atoms with Crippen LogP contribution in [0.3, 0.4) is 0 Å². The molecule has 4 nitrogen and oxygen atoms in total. The molecule has 24 heavy (non-hydrogen) atoms. The van der Waals surface area contributed by atoms with Crippen LogP contribution in [0.4, 0.5) is 5.69 Å². The number of anilines is 1. The van der Waals surface area contributed by atoms with Crippen LogP contribution in [0.1, 0.15) is 24.5 Å². The fourth-order valence-corrected chi connectivity index (χ4v) is 3.38. The van der Waals surface area contributed by atoms with Gasteiger partial charge in [0.2, 0.25) is 5.91 Å². The molecule has 0 aromatic heterocycles. The van der Waals surface area contributed by atoms with Crippen LogP contribution in [0.2, 0.25) is 10.0 Å². The van der Waals surface area contributed by atoms with E-state index in [0.29, 0.717) is 12.3 Å². The van der Waals surface area contributed by atoms with Crippen molar-refractivity contribution in [1.82, 2.24) is 0 Å². The lowest BCUT2D eigenvalue weighted by Crippen LogP contribution is -2.33. The number of hydrogen-bond acceptors (Lipinski definition) is 3. The zero-order valence-corrected chi connectivity index (χ0v) is 14.3. The van der Waals surface area contributed by atoms with E-state index in [1.54, 1.807) is 0 Å². The predicted octanol–water partition coefficient (Wildman–Crippen LogP) is 4.81. The average molecular weight is 366 g/mol. The number of nitrogens with one attached hydrogen (secondary N) is 1. The number of carbonyl (C=O) groups excluding carboxylic acids is 1. The summed E-state index contributed by atoms with van der Waals surface area (Å²) in [6.07, 6.45) is 1.30. The molecular formula is C18H17Cl2NO3. The van der Waals surface area contributed by atoms with Gasteiger partial charge in [-0.2, -0.15) is 0 Å². The van der Waals surface area contributed by atoms with E-state index in [4.69, 9.17) is 27.9 Å². The summed E-state index contributed by atoms with van der Waals surface area (Å²) in [6, 6.07) is 12.7. The van der Waals surface area contributed by atoms with Crippen molar-refractivity contribution in [2.45, 2.75) is 18.9 Å². The van der Waals surface area contributed by atoms with Gasteiger partial charge in [0.1, 0.15) is 0 Å². The minimum atomic E-state index is -0.299. The lowest BCUT2D eigenvalue weighted by atomic mass is 9.88. The number of carbonyl (C=O) groups is 1. The Labute approximate surface area is 150 Å². The van der Waals surface area contributed by atoms with Gasteiger partial charge >= 0.3 is 0 Å². The summed E-state index contributed by atoms with van der Waals surface area (Å²) < 4.78 is 5.85. The summed E-state index contributed by atoms with van der Waals surface area (Å²) in [7, 11) is 0. The Bertz CT molecular complexity index is 713. The minimum absolute atomic E-state index is 0.0947. The maximum atomic E-state index is 12.7. The zero-order chi connectivity index (χ0) is 17.1. The van der Waals surface area contributed by atoms with Gasteiger partial charge in [0.05, 0.1) is 22.1 Å². The number of phenols is 1. The standard InChI is InChI=1S/C18H17Cl2NO3/c19-14-9-12(10-15(20)16(14)22)21-18(23)13-7-4-8-24-17(13)11-5-2-1-3-6-11/h1-3,5-6,9-10,13,17,22H,4,7-8H2,(H,21,23)/t13-,17+/m0/s1. The molecule has 1 amide bonds. The third kappa shape index (κ3) is 3.66. The molecule has 0 radical (unpaired) electrons. The number of benzene rings is 2. The molecule has 3 rings (SSSR count). The molecule has 1 heterocycles. The molecule has 1 saturated heterocycles.